The van der Waals surface area contributed by atoms with Crippen molar-refractivity contribution in [3.63, 3.8) is 0 Å². The minimum atomic E-state index is -0.0753. The van der Waals surface area contributed by atoms with Crippen LogP contribution in [0.1, 0.15) is 37.3 Å². The van der Waals surface area contributed by atoms with E-state index in [1.54, 1.807) is 6.07 Å². The standard InChI is InChI=1S/C12H18O2/c1-2-3-4-6-10-7-5-8-12(14)11(10)9-13/h5,7-8,13-14H,2-4,6,9H2,1H3. The first-order valence-electron chi connectivity index (χ1n) is 5.20. The summed E-state index contributed by atoms with van der Waals surface area (Å²) in [6, 6.07) is 5.42. The summed E-state index contributed by atoms with van der Waals surface area (Å²) >= 11 is 0. The van der Waals surface area contributed by atoms with Crippen LogP contribution >= 0.6 is 0 Å². The Morgan fingerprint density at radius 1 is 1.21 bits per heavy atom. The van der Waals surface area contributed by atoms with E-state index in [-0.39, 0.29) is 12.4 Å². The number of aromatic hydroxyl groups is 1. The second-order valence-corrected chi connectivity index (χ2v) is 3.53. The first kappa shape index (κ1) is 11.1. The Kier molecular flexibility index (Phi) is 4.47. The number of aliphatic hydroxyl groups is 1. The fourth-order valence-corrected chi connectivity index (χ4v) is 1.60. The Labute approximate surface area is 85.2 Å². The molecule has 2 heteroatoms. The van der Waals surface area contributed by atoms with Crippen molar-refractivity contribution >= 4 is 0 Å². The Bertz CT molecular complexity index is 282. The van der Waals surface area contributed by atoms with Gasteiger partial charge in [-0.1, -0.05) is 31.9 Å². The van der Waals surface area contributed by atoms with Crippen LogP contribution in [0.5, 0.6) is 5.75 Å². The highest BCUT2D eigenvalue weighted by Gasteiger charge is 2.05. The molecule has 0 aromatic heterocycles. The molecule has 2 N–H and O–H groups in total. The van der Waals surface area contributed by atoms with E-state index in [2.05, 4.69) is 6.92 Å². The summed E-state index contributed by atoms with van der Waals surface area (Å²) in [5.74, 6) is 0.210. The highest BCUT2D eigenvalue weighted by molar-refractivity contribution is 5.38. The summed E-state index contributed by atoms with van der Waals surface area (Å²) in [7, 11) is 0. The largest absolute Gasteiger partial charge is 0.508 e. The van der Waals surface area contributed by atoms with Gasteiger partial charge in [0, 0.05) is 5.56 Å². The van der Waals surface area contributed by atoms with Gasteiger partial charge in [-0.15, -0.1) is 0 Å². The van der Waals surface area contributed by atoms with E-state index in [9.17, 15) is 5.11 Å². The third-order valence-electron chi connectivity index (χ3n) is 2.46. The third-order valence-corrected chi connectivity index (χ3v) is 2.46. The molecule has 1 rings (SSSR count). The van der Waals surface area contributed by atoms with E-state index in [1.807, 2.05) is 12.1 Å². The Balaban J connectivity index is 2.70. The van der Waals surface area contributed by atoms with Crippen LogP contribution < -0.4 is 0 Å². The highest BCUT2D eigenvalue weighted by atomic mass is 16.3. The Hall–Kier alpha value is -1.02. The molecule has 0 saturated carbocycles. The minimum Gasteiger partial charge on any atom is -0.508 e. The zero-order valence-electron chi connectivity index (χ0n) is 8.66. The number of hydrogen-bond acceptors (Lipinski definition) is 2. The van der Waals surface area contributed by atoms with Crippen molar-refractivity contribution in [2.24, 2.45) is 0 Å². The monoisotopic (exact) mass is 194 g/mol. The zero-order chi connectivity index (χ0) is 10.4. The van der Waals surface area contributed by atoms with E-state index in [4.69, 9.17) is 5.11 Å². The van der Waals surface area contributed by atoms with E-state index >= 15 is 0 Å². The van der Waals surface area contributed by atoms with Gasteiger partial charge in [-0.25, -0.2) is 0 Å². The predicted octanol–water partition coefficient (Wildman–Crippen LogP) is 2.62. The summed E-state index contributed by atoms with van der Waals surface area (Å²) < 4.78 is 0. The molecule has 78 valence electrons. The molecule has 0 atom stereocenters. The lowest BCUT2D eigenvalue weighted by Gasteiger charge is -2.08. The molecule has 0 spiro atoms. The van der Waals surface area contributed by atoms with E-state index in [1.165, 1.54) is 12.8 Å². The number of benzene rings is 1. The first-order chi connectivity index (χ1) is 6.79. The van der Waals surface area contributed by atoms with Gasteiger partial charge in [0.2, 0.25) is 0 Å². The minimum absolute atomic E-state index is 0.0753. The van der Waals surface area contributed by atoms with Crippen molar-refractivity contribution < 1.29 is 10.2 Å². The molecule has 1 aromatic rings. The smallest absolute Gasteiger partial charge is 0.121 e. The van der Waals surface area contributed by atoms with Gasteiger partial charge in [-0.05, 0) is 24.5 Å². The molecule has 0 unspecified atom stereocenters. The summed E-state index contributed by atoms with van der Waals surface area (Å²) in [4.78, 5) is 0. The average Bonchev–Trinajstić information content (AvgIpc) is 2.18. The van der Waals surface area contributed by atoms with Gasteiger partial charge in [-0.3, -0.25) is 0 Å². The van der Waals surface area contributed by atoms with Crippen molar-refractivity contribution in [3.05, 3.63) is 29.3 Å². The second-order valence-electron chi connectivity index (χ2n) is 3.53. The van der Waals surface area contributed by atoms with Gasteiger partial charge in [0.15, 0.2) is 0 Å². The molecule has 0 radical (unpaired) electrons. The van der Waals surface area contributed by atoms with Crippen molar-refractivity contribution in [1.29, 1.82) is 0 Å². The quantitative estimate of drug-likeness (QED) is 0.707. The van der Waals surface area contributed by atoms with E-state index in [0.29, 0.717) is 5.56 Å². The van der Waals surface area contributed by atoms with Crippen LogP contribution in [0.25, 0.3) is 0 Å². The van der Waals surface area contributed by atoms with Crippen molar-refractivity contribution in [2.45, 2.75) is 39.2 Å². The number of aliphatic hydroxyl groups excluding tert-OH is 1. The molecular formula is C12H18O2. The molecule has 0 aliphatic rings. The topological polar surface area (TPSA) is 40.5 Å². The number of aryl methyl sites for hydroxylation is 1. The molecule has 14 heavy (non-hydrogen) atoms. The van der Waals surface area contributed by atoms with Crippen molar-refractivity contribution in [3.8, 4) is 5.75 Å². The lowest BCUT2D eigenvalue weighted by atomic mass is 10.0. The first-order valence-corrected chi connectivity index (χ1v) is 5.20. The second kappa shape index (κ2) is 5.66. The number of rotatable bonds is 5. The fourth-order valence-electron chi connectivity index (χ4n) is 1.60. The van der Waals surface area contributed by atoms with Crippen LogP contribution in [0, 0.1) is 0 Å². The Morgan fingerprint density at radius 2 is 2.00 bits per heavy atom. The molecule has 0 aliphatic carbocycles. The van der Waals surface area contributed by atoms with Crippen LogP contribution in [0.4, 0.5) is 0 Å². The number of phenols is 1. The summed E-state index contributed by atoms with van der Waals surface area (Å²) in [5.41, 5.74) is 1.75. The van der Waals surface area contributed by atoms with Gasteiger partial charge in [0.05, 0.1) is 6.61 Å². The molecule has 0 amide bonds. The van der Waals surface area contributed by atoms with Gasteiger partial charge < -0.3 is 10.2 Å². The van der Waals surface area contributed by atoms with E-state index in [0.717, 1.165) is 18.4 Å². The molecule has 0 aliphatic heterocycles. The molecule has 0 heterocycles. The van der Waals surface area contributed by atoms with Gasteiger partial charge >= 0.3 is 0 Å². The van der Waals surface area contributed by atoms with Crippen LogP contribution in [0.3, 0.4) is 0 Å². The normalized spacial score (nSPS) is 10.4. The number of unbranched alkanes of at least 4 members (excludes halogenated alkanes) is 2. The average molecular weight is 194 g/mol. The lowest BCUT2D eigenvalue weighted by Crippen LogP contribution is -1.94. The highest BCUT2D eigenvalue weighted by Crippen LogP contribution is 2.22. The number of hydrogen-bond donors (Lipinski definition) is 2. The van der Waals surface area contributed by atoms with Crippen molar-refractivity contribution in [1.82, 2.24) is 0 Å². The summed E-state index contributed by atoms with van der Waals surface area (Å²) in [6.07, 6.45) is 4.44. The molecule has 0 saturated heterocycles. The summed E-state index contributed by atoms with van der Waals surface area (Å²) in [6.45, 7) is 2.09. The van der Waals surface area contributed by atoms with Gasteiger partial charge in [0.25, 0.3) is 0 Å². The van der Waals surface area contributed by atoms with Crippen LogP contribution in [0.2, 0.25) is 0 Å². The van der Waals surface area contributed by atoms with E-state index < -0.39 is 0 Å². The van der Waals surface area contributed by atoms with Gasteiger partial charge in [-0.2, -0.15) is 0 Å². The molecule has 0 bridgehead atoms. The maximum absolute atomic E-state index is 9.49. The van der Waals surface area contributed by atoms with Crippen LogP contribution in [0.15, 0.2) is 18.2 Å². The third kappa shape index (κ3) is 2.74. The fraction of sp³-hybridized carbons (Fsp3) is 0.500. The molecular weight excluding hydrogens is 176 g/mol. The molecule has 1 aromatic carbocycles. The van der Waals surface area contributed by atoms with Gasteiger partial charge in [0.1, 0.15) is 5.75 Å². The zero-order valence-corrected chi connectivity index (χ0v) is 8.66. The Morgan fingerprint density at radius 3 is 2.64 bits per heavy atom. The summed E-state index contributed by atoms with van der Waals surface area (Å²) in [5, 5.41) is 18.6. The SMILES string of the molecule is CCCCCc1cccc(O)c1CO. The van der Waals surface area contributed by atoms with Crippen LogP contribution in [-0.4, -0.2) is 10.2 Å². The molecule has 2 nitrogen and oxygen atoms in total. The maximum atomic E-state index is 9.49. The predicted molar refractivity (Wildman–Crippen MR) is 57.3 cm³/mol. The van der Waals surface area contributed by atoms with Crippen LogP contribution in [-0.2, 0) is 13.0 Å². The maximum Gasteiger partial charge on any atom is 0.121 e. The lowest BCUT2D eigenvalue weighted by molar-refractivity contribution is 0.274. The molecule has 0 fully saturated rings. The van der Waals surface area contributed by atoms with Crippen molar-refractivity contribution in [2.75, 3.05) is 0 Å².